The lowest BCUT2D eigenvalue weighted by atomic mass is 9.95. The fraction of sp³-hybridized carbons (Fsp3) is 0.348. The molecule has 0 aliphatic carbocycles. The first-order valence-corrected chi connectivity index (χ1v) is 9.99. The standard InChI is InChI=1S/C23H27N3O4/c1-5-18(16-10-8-7-9-11-16)23(27)26(6-2)15-21-24-22(25-30-21)17-12-13-19(28-3)20(14-17)29-4/h7-14,18H,5-6,15H2,1-4H3/t18-/m1/s1. The minimum atomic E-state index is -0.195. The van der Waals surface area contributed by atoms with E-state index in [0.717, 1.165) is 17.5 Å². The fourth-order valence-corrected chi connectivity index (χ4v) is 3.38. The lowest BCUT2D eigenvalue weighted by Crippen LogP contribution is -2.34. The number of nitrogens with zero attached hydrogens (tertiary/aromatic N) is 3. The van der Waals surface area contributed by atoms with E-state index in [1.807, 2.05) is 50.2 Å². The molecule has 0 saturated heterocycles. The number of hydrogen-bond acceptors (Lipinski definition) is 6. The Morgan fingerprint density at radius 2 is 1.80 bits per heavy atom. The maximum atomic E-state index is 13.1. The van der Waals surface area contributed by atoms with Gasteiger partial charge in [-0.25, -0.2) is 0 Å². The Bertz CT molecular complexity index is 972. The Labute approximate surface area is 176 Å². The van der Waals surface area contributed by atoms with Crippen LogP contribution in [0.25, 0.3) is 11.4 Å². The average molecular weight is 409 g/mol. The normalized spacial score (nSPS) is 11.7. The lowest BCUT2D eigenvalue weighted by Gasteiger charge is -2.24. The number of aromatic nitrogens is 2. The minimum absolute atomic E-state index is 0.0528. The molecule has 0 unspecified atom stereocenters. The van der Waals surface area contributed by atoms with Crippen LogP contribution in [-0.2, 0) is 11.3 Å². The number of benzene rings is 2. The molecular weight excluding hydrogens is 382 g/mol. The fourth-order valence-electron chi connectivity index (χ4n) is 3.38. The first-order chi connectivity index (χ1) is 14.6. The van der Waals surface area contributed by atoms with Gasteiger partial charge in [-0.1, -0.05) is 42.4 Å². The third-order valence-electron chi connectivity index (χ3n) is 5.04. The van der Waals surface area contributed by atoms with Crippen LogP contribution in [0.4, 0.5) is 0 Å². The van der Waals surface area contributed by atoms with E-state index in [4.69, 9.17) is 14.0 Å². The van der Waals surface area contributed by atoms with Crippen LogP contribution >= 0.6 is 0 Å². The number of carbonyl (C=O) groups excluding carboxylic acids is 1. The Hall–Kier alpha value is -3.35. The van der Waals surface area contributed by atoms with E-state index in [9.17, 15) is 4.79 Å². The summed E-state index contributed by atoms with van der Waals surface area (Å²) in [7, 11) is 3.16. The van der Waals surface area contributed by atoms with Crippen LogP contribution in [0.5, 0.6) is 11.5 Å². The second-order valence-corrected chi connectivity index (χ2v) is 6.81. The quantitative estimate of drug-likeness (QED) is 0.524. The predicted octanol–water partition coefficient (Wildman–Crippen LogP) is 4.30. The summed E-state index contributed by atoms with van der Waals surface area (Å²) in [5.41, 5.74) is 1.76. The van der Waals surface area contributed by atoms with Gasteiger partial charge in [-0.2, -0.15) is 4.98 Å². The summed E-state index contributed by atoms with van der Waals surface area (Å²) in [5.74, 6) is 1.89. The Kier molecular flexibility index (Phi) is 7.06. The van der Waals surface area contributed by atoms with Crippen LogP contribution in [0.3, 0.4) is 0 Å². The number of carbonyl (C=O) groups is 1. The summed E-state index contributed by atoms with van der Waals surface area (Å²) >= 11 is 0. The highest BCUT2D eigenvalue weighted by molar-refractivity contribution is 5.83. The van der Waals surface area contributed by atoms with Crippen LogP contribution in [0.1, 0.15) is 37.6 Å². The highest BCUT2D eigenvalue weighted by Gasteiger charge is 2.25. The van der Waals surface area contributed by atoms with Crippen molar-refractivity contribution in [1.29, 1.82) is 0 Å². The molecule has 30 heavy (non-hydrogen) atoms. The Balaban J connectivity index is 1.77. The van der Waals surface area contributed by atoms with Crippen LogP contribution in [0.2, 0.25) is 0 Å². The zero-order chi connectivity index (χ0) is 21.5. The SMILES string of the molecule is CC[C@@H](C(=O)N(CC)Cc1nc(-c2ccc(OC)c(OC)c2)no1)c1ccccc1. The molecule has 158 valence electrons. The van der Waals surface area contributed by atoms with E-state index < -0.39 is 0 Å². The summed E-state index contributed by atoms with van der Waals surface area (Å²) in [4.78, 5) is 19.4. The maximum Gasteiger partial charge on any atom is 0.246 e. The van der Waals surface area contributed by atoms with Gasteiger partial charge >= 0.3 is 0 Å². The first kappa shape index (κ1) is 21.4. The van der Waals surface area contributed by atoms with Crippen molar-refractivity contribution in [2.45, 2.75) is 32.7 Å². The van der Waals surface area contributed by atoms with E-state index in [1.54, 1.807) is 31.3 Å². The number of likely N-dealkylation sites (N-methyl/N-ethyl adjacent to an activating group) is 1. The van der Waals surface area contributed by atoms with Gasteiger partial charge in [0.15, 0.2) is 11.5 Å². The monoisotopic (exact) mass is 409 g/mol. The van der Waals surface area contributed by atoms with Crippen LogP contribution in [0.15, 0.2) is 53.1 Å². The number of ether oxygens (including phenoxy) is 2. The first-order valence-electron chi connectivity index (χ1n) is 9.99. The molecule has 1 aromatic heterocycles. The van der Waals surface area contributed by atoms with E-state index in [-0.39, 0.29) is 18.4 Å². The second kappa shape index (κ2) is 9.91. The molecule has 1 heterocycles. The minimum Gasteiger partial charge on any atom is -0.493 e. The Morgan fingerprint density at radius 1 is 1.07 bits per heavy atom. The van der Waals surface area contributed by atoms with Crippen molar-refractivity contribution in [2.24, 2.45) is 0 Å². The van der Waals surface area contributed by atoms with Crippen LogP contribution in [0, 0.1) is 0 Å². The molecular formula is C23H27N3O4. The molecule has 0 aliphatic heterocycles. The van der Waals surface area contributed by atoms with E-state index in [0.29, 0.717) is 29.8 Å². The molecule has 0 radical (unpaired) electrons. The maximum absolute atomic E-state index is 13.1. The molecule has 0 spiro atoms. The van der Waals surface area contributed by atoms with Crippen molar-refractivity contribution in [2.75, 3.05) is 20.8 Å². The van der Waals surface area contributed by atoms with Gasteiger partial charge in [-0.3, -0.25) is 4.79 Å². The van der Waals surface area contributed by atoms with Crippen LogP contribution < -0.4 is 9.47 Å². The highest BCUT2D eigenvalue weighted by atomic mass is 16.5. The second-order valence-electron chi connectivity index (χ2n) is 6.81. The molecule has 0 bridgehead atoms. The zero-order valence-electron chi connectivity index (χ0n) is 17.8. The van der Waals surface area contributed by atoms with Crippen molar-refractivity contribution in [1.82, 2.24) is 15.0 Å². The summed E-state index contributed by atoms with van der Waals surface area (Å²) < 4.78 is 16.0. The summed E-state index contributed by atoms with van der Waals surface area (Å²) in [6.45, 7) is 4.78. The molecule has 7 heteroatoms. The molecule has 0 N–H and O–H groups in total. The molecule has 1 atom stereocenters. The lowest BCUT2D eigenvalue weighted by molar-refractivity contribution is -0.133. The van der Waals surface area contributed by atoms with E-state index in [2.05, 4.69) is 10.1 Å². The summed E-state index contributed by atoms with van der Waals surface area (Å²) in [6, 6.07) is 15.2. The molecule has 3 aromatic rings. The predicted molar refractivity (Wildman–Crippen MR) is 113 cm³/mol. The van der Waals surface area contributed by atoms with Crippen molar-refractivity contribution < 1.29 is 18.8 Å². The van der Waals surface area contributed by atoms with Gasteiger partial charge in [0.05, 0.1) is 26.7 Å². The van der Waals surface area contributed by atoms with E-state index >= 15 is 0 Å². The topological polar surface area (TPSA) is 77.7 Å². The molecule has 1 amide bonds. The Morgan fingerprint density at radius 3 is 2.43 bits per heavy atom. The summed E-state index contributed by atoms with van der Waals surface area (Å²) in [6.07, 6.45) is 0.722. The molecule has 3 rings (SSSR count). The van der Waals surface area contributed by atoms with Crippen molar-refractivity contribution in [3.63, 3.8) is 0 Å². The summed E-state index contributed by atoms with van der Waals surface area (Å²) in [5, 5.41) is 4.07. The van der Waals surface area contributed by atoms with Gasteiger partial charge in [0.2, 0.25) is 17.6 Å². The zero-order valence-corrected chi connectivity index (χ0v) is 17.8. The van der Waals surface area contributed by atoms with Gasteiger partial charge < -0.3 is 18.9 Å². The highest BCUT2D eigenvalue weighted by Crippen LogP contribution is 2.31. The number of hydrogen-bond donors (Lipinski definition) is 0. The van der Waals surface area contributed by atoms with Crippen molar-refractivity contribution >= 4 is 5.91 Å². The molecule has 2 aromatic carbocycles. The third kappa shape index (κ3) is 4.62. The molecule has 7 nitrogen and oxygen atoms in total. The van der Waals surface area contributed by atoms with Crippen molar-refractivity contribution in [3.05, 3.63) is 60.0 Å². The number of amides is 1. The van der Waals surface area contributed by atoms with Crippen molar-refractivity contribution in [3.8, 4) is 22.9 Å². The van der Waals surface area contributed by atoms with Gasteiger partial charge in [-0.05, 0) is 37.1 Å². The smallest absolute Gasteiger partial charge is 0.246 e. The van der Waals surface area contributed by atoms with Crippen LogP contribution in [-0.4, -0.2) is 41.7 Å². The van der Waals surface area contributed by atoms with Gasteiger partial charge in [0.25, 0.3) is 0 Å². The number of methoxy groups -OCH3 is 2. The average Bonchev–Trinajstić information content (AvgIpc) is 3.26. The molecule has 0 saturated carbocycles. The largest absolute Gasteiger partial charge is 0.493 e. The van der Waals surface area contributed by atoms with E-state index in [1.165, 1.54) is 0 Å². The van der Waals surface area contributed by atoms with Gasteiger partial charge in [0, 0.05) is 12.1 Å². The third-order valence-corrected chi connectivity index (χ3v) is 5.04. The molecule has 0 aliphatic rings. The number of rotatable bonds is 9. The van der Waals surface area contributed by atoms with Gasteiger partial charge in [0.1, 0.15) is 0 Å². The molecule has 0 fully saturated rings. The van der Waals surface area contributed by atoms with Gasteiger partial charge in [-0.15, -0.1) is 0 Å².